The third-order valence-corrected chi connectivity index (χ3v) is 2.43. The Balaban J connectivity index is 2.65. The van der Waals surface area contributed by atoms with Crippen LogP contribution in [0.4, 0.5) is 9.18 Å². The minimum Gasteiger partial charge on any atom is -0.480 e. The molecular weight excluding hydrogens is 239 g/mol. The molecule has 0 aliphatic carbocycles. The van der Waals surface area contributed by atoms with E-state index < -0.39 is 30.4 Å². The number of carbonyl (C=O) groups is 2. The number of rotatable bonds is 4. The normalized spacial score (nSPS) is 11.7. The standard InChI is InChI=1S/C12H15FN2O3/c1-8(9-5-3-4-6-10(9)13)14-12(18)15(2)7-11(16)17/h3-6,8H,7H2,1-2H3,(H,14,18)(H,16,17). The number of nitrogens with one attached hydrogen (secondary N) is 1. The number of carbonyl (C=O) groups excluding carboxylic acids is 1. The van der Waals surface area contributed by atoms with E-state index in [1.54, 1.807) is 25.1 Å². The molecule has 0 fully saturated rings. The maximum absolute atomic E-state index is 13.4. The van der Waals surface area contributed by atoms with Gasteiger partial charge >= 0.3 is 12.0 Å². The van der Waals surface area contributed by atoms with E-state index in [1.807, 2.05) is 0 Å². The Kier molecular flexibility index (Phi) is 4.65. The first-order valence-corrected chi connectivity index (χ1v) is 5.39. The molecule has 0 bridgehead atoms. The van der Waals surface area contributed by atoms with Gasteiger partial charge in [0.25, 0.3) is 0 Å². The third-order valence-electron chi connectivity index (χ3n) is 2.43. The number of halogens is 1. The van der Waals surface area contributed by atoms with Crippen LogP contribution in [0.5, 0.6) is 0 Å². The molecule has 2 N–H and O–H groups in total. The molecule has 98 valence electrons. The lowest BCUT2D eigenvalue weighted by atomic mass is 10.1. The summed E-state index contributed by atoms with van der Waals surface area (Å²) in [5.41, 5.74) is 0.356. The summed E-state index contributed by atoms with van der Waals surface area (Å²) in [6, 6.07) is 5.01. The smallest absolute Gasteiger partial charge is 0.323 e. The van der Waals surface area contributed by atoms with E-state index in [1.165, 1.54) is 13.1 Å². The molecule has 0 aromatic heterocycles. The average Bonchev–Trinajstić information content (AvgIpc) is 2.28. The molecule has 2 amide bonds. The molecule has 0 aliphatic heterocycles. The Labute approximate surface area is 104 Å². The van der Waals surface area contributed by atoms with Crippen molar-refractivity contribution in [2.75, 3.05) is 13.6 Å². The second kappa shape index (κ2) is 6.00. The summed E-state index contributed by atoms with van der Waals surface area (Å²) in [5.74, 6) is -1.52. The van der Waals surface area contributed by atoms with Crippen molar-refractivity contribution < 1.29 is 19.1 Å². The van der Waals surface area contributed by atoms with Gasteiger partial charge in [0.1, 0.15) is 12.4 Å². The molecule has 0 spiro atoms. The number of hydrogen-bond acceptors (Lipinski definition) is 2. The minimum absolute atomic E-state index is 0.356. The van der Waals surface area contributed by atoms with Crippen LogP contribution in [0.15, 0.2) is 24.3 Å². The highest BCUT2D eigenvalue weighted by atomic mass is 19.1. The molecular formula is C12H15FN2O3. The SMILES string of the molecule is CC(NC(=O)N(C)CC(=O)O)c1ccccc1F. The molecule has 0 aliphatic rings. The fourth-order valence-corrected chi connectivity index (χ4v) is 1.47. The fourth-order valence-electron chi connectivity index (χ4n) is 1.47. The van der Waals surface area contributed by atoms with Crippen LogP contribution < -0.4 is 5.32 Å². The molecule has 18 heavy (non-hydrogen) atoms. The molecule has 0 heterocycles. The van der Waals surface area contributed by atoms with E-state index in [4.69, 9.17) is 5.11 Å². The van der Waals surface area contributed by atoms with Crippen molar-refractivity contribution in [3.05, 3.63) is 35.6 Å². The fraction of sp³-hybridized carbons (Fsp3) is 0.333. The van der Waals surface area contributed by atoms with Gasteiger partial charge in [-0.25, -0.2) is 9.18 Å². The number of amides is 2. The van der Waals surface area contributed by atoms with Gasteiger partial charge in [-0.2, -0.15) is 0 Å². The number of carboxylic acids is 1. The topological polar surface area (TPSA) is 69.6 Å². The van der Waals surface area contributed by atoms with Crippen LogP contribution in [0.2, 0.25) is 0 Å². The quantitative estimate of drug-likeness (QED) is 0.857. The van der Waals surface area contributed by atoms with Crippen molar-refractivity contribution >= 4 is 12.0 Å². The van der Waals surface area contributed by atoms with Crippen LogP contribution in [0, 0.1) is 5.82 Å². The zero-order valence-electron chi connectivity index (χ0n) is 10.2. The van der Waals surface area contributed by atoms with Gasteiger partial charge in [0.2, 0.25) is 0 Å². The summed E-state index contributed by atoms with van der Waals surface area (Å²) < 4.78 is 13.4. The largest absolute Gasteiger partial charge is 0.480 e. The van der Waals surface area contributed by atoms with Gasteiger partial charge in [-0.05, 0) is 13.0 Å². The predicted octanol–water partition coefficient (Wildman–Crippen LogP) is 1.61. The second-order valence-corrected chi connectivity index (χ2v) is 3.94. The summed E-state index contributed by atoms with van der Waals surface area (Å²) in [7, 11) is 1.36. The first-order chi connectivity index (χ1) is 8.41. The molecule has 1 unspecified atom stereocenters. The molecule has 0 saturated heterocycles. The van der Waals surface area contributed by atoms with Crippen molar-refractivity contribution in [2.45, 2.75) is 13.0 Å². The van der Waals surface area contributed by atoms with E-state index in [-0.39, 0.29) is 0 Å². The lowest BCUT2D eigenvalue weighted by Crippen LogP contribution is -2.41. The summed E-state index contributed by atoms with van der Waals surface area (Å²) >= 11 is 0. The lowest BCUT2D eigenvalue weighted by molar-refractivity contribution is -0.137. The molecule has 6 heteroatoms. The highest BCUT2D eigenvalue weighted by Gasteiger charge is 2.17. The molecule has 1 aromatic rings. The number of nitrogens with zero attached hydrogens (tertiary/aromatic N) is 1. The summed E-state index contributed by atoms with van der Waals surface area (Å²) in [4.78, 5) is 23.1. The Morgan fingerprint density at radius 2 is 2.06 bits per heavy atom. The van der Waals surface area contributed by atoms with E-state index in [9.17, 15) is 14.0 Å². The first kappa shape index (κ1) is 14.0. The zero-order chi connectivity index (χ0) is 13.7. The molecule has 1 rings (SSSR count). The van der Waals surface area contributed by atoms with Crippen molar-refractivity contribution in [1.29, 1.82) is 0 Å². The highest BCUT2D eigenvalue weighted by Crippen LogP contribution is 2.15. The number of carboxylic acid groups (broad SMARTS) is 1. The molecule has 1 aromatic carbocycles. The van der Waals surface area contributed by atoms with Crippen molar-refractivity contribution in [1.82, 2.24) is 10.2 Å². The number of urea groups is 1. The summed E-state index contributed by atoms with van der Waals surface area (Å²) in [6.07, 6.45) is 0. The molecule has 0 radical (unpaired) electrons. The van der Waals surface area contributed by atoms with E-state index in [2.05, 4.69) is 5.32 Å². The Bertz CT molecular complexity index is 451. The predicted molar refractivity (Wildman–Crippen MR) is 63.6 cm³/mol. The van der Waals surface area contributed by atoms with Crippen LogP contribution in [-0.4, -0.2) is 35.6 Å². The van der Waals surface area contributed by atoms with Gasteiger partial charge in [0.15, 0.2) is 0 Å². The maximum atomic E-state index is 13.4. The Hall–Kier alpha value is -2.11. The van der Waals surface area contributed by atoms with Crippen molar-refractivity contribution in [3.63, 3.8) is 0 Å². The number of hydrogen-bond donors (Lipinski definition) is 2. The van der Waals surface area contributed by atoms with Gasteiger partial charge in [-0.15, -0.1) is 0 Å². The average molecular weight is 254 g/mol. The Morgan fingerprint density at radius 3 is 2.61 bits per heavy atom. The monoisotopic (exact) mass is 254 g/mol. The maximum Gasteiger partial charge on any atom is 0.323 e. The number of aliphatic carboxylic acids is 1. The second-order valence-electron chi connectivity index (χ2n) is 3.94. The third kappa shape index (κ3) is 3.73. The molecule has 5 nitrogen and oxygen atoms in total. The molecule has 1 atom stereocenters. The summed E-state index contributed by atoms with van der Waals surface area (Å²) in [5, 5.41) is 11.1. The summed E-state index contributed by atoms with van der Waals surface area (Å²) in [6.45, 7) is 1.22. The highest BCUT2D eigenvalue weighted by molar-refractivity contribution is 5.80. The van der Waals surface area contributed by atoms with Crippen molar-refractivity contribution in [3.8, 4) is 0 Å². The number of benzene rings is 1. The van der Waals surface area contributed by atoms with E-state index in [0.717, 1.165) is 4.90 Å². The van der Waals surface area contributed by atoms with Crippen LogP contribution in [0.3, 0.4) is 0 Å². The van der Waals surface area contributed by atoms with Gasteiger partial charge in [-0.1, -0.05) is 18.2 Å². The van der Waals surface area contributed by atoms with Gasteiger partial charge in [-0.3, -0.25) is 4.79 Å². The van der Waals surface area contributed by atoms with E-state index >= 15 is 0 Å². The van der Waals surface area contributed by atoms with Crippen LogP contribution in [0.1, 0.15) is 18.5 Å². The Morgan fingerprint density at radius 1 is 1.44 bits per heavy atom. The zero-order valence-corrected chi connectivity index (χ0v) is 10.2. The number of likely N-dealkylation sites (N-methyl/N-ethyl adjacent to an activating group) is 1. The van der Waals surface area contributed by atoms with Gasteiger partial charge in [0.05, 0.1) is 6.04 Å². The minimum atomic E-state index is -1.11. The van der Waals surface area contributed by atoms with Crippen LogP contribution >= 0.6 is 0 Å². The first-order valence-electron chi connectivity index (χ1n) is 5.39. The van der Waals surface area contributed by atoms with E-state index in [0.29, 0.717) is 5.56 Å². The van der Waals surface area contributed by atoms with Crippen molar-refractivity contribution in [2.24, 2.45) is 0 Å². The van der Waals surface area contributed by atoms with Gasteiger partial charge in [0, 0.05) is 12.6 Å². The van der Waals surface area contributed by atoms with Crippen LogP contribution in [0.25, 0.3) is 0 Å². The lowest BCUT2D eigenvalue weighted by Gasteiger charge is -2.20. The van der Waals surface area contributed by atoms with Crippen LogP contribution in [-0.2, 0) is 4.79 Å². The molecule has 0 saturated carbocycles. The van der Waals surface area contributed by atoms with Gasteiger partial charge < -0.3 is 15.3 Å².